The van der Waals surface area contributed by atoms with Gasteiger partial charge in [-0.1, -0.05) is 0 Å². The Morgan fingerprint density at radius 3 is 3.20 bits per heavy atom. The number of rotatable bonds is 2. The van der Waals surface area contributed by atoms with E-state index in [1.54, 1.807) is 11.8 Å². The molecule has 0 fully saturated rings. The Labute approximate surface area is 66.2 Å². The Morgan fingerprint density at radius 2 is 2.70 bits per heavy atom. The number of nitrogens with zero attached hydrogens (tertiary/aromatic N) is 1. The maximum atomic E-state index is 10.3. The zero-order valence-electron chi connectivity index (χ0n) is 5.79. The molecule has 0 N–H and O–H groups in total. The summed E-state index contributed by atoms with van der Waals surface area (Å²) < 4.78 is 5.95. The second kappa shape index (κ2) is 3.77. The van der Waals surface area contributed by atoms with E-state index in [9.17, 15) is 4.79 Å². The van der Waals surface area contributed by atoms with Crippen molar-refractivity contribution in [2.45, 2.75) is 6.92 Å². The van der Waals surface area contributed by atoms with E-state index in [0.29, 0.717) is 0 Å². The van der Waals surface area contributed by atoms with Crippen LogP contribution in [0.4, 0.5) is 0 Å². The van der Waals surface area contributed by atoms with Crippen LogP contribution in [0.15, 0.2) is 4.99 Å². The molecule has 0 saturated carbocycles. The van der Waals surface area contributed by atoms with Crippen LogP contribution in [0.25, 0.3) is 0 Å². The normalized spacial score (nSPS) is 17.9. The SMILES string of the molecule is CC(=O)O[SiH2]C1=NCCS1. The lowest BCUT2D eigenvalue weighted by Gasteiger charge is -1.97. The molecular formula is C5H9NO2SSi. The molecule has 10 heavy (non-hydrogen) atoms. The van der Waals surface area contributed by atoms with E-state index in [1.807, 2.05) is 0 Å². The maximum absolute atomic E-state index is 10.3. The molecule has 1 aliphatic heterocycles. The van der Waals surface area contributed by atoms with Gasteiger partial charge in [0.1, 0.15) is 0 Å². The van der Waals surface area contributed by atoms with E-state index >= 15 is 0 Å². The third-order valence-corrected chi connectivity index (χ3v) is 3.88. The highest BCUT2D eigenvalue weighted by Gasteiger charge is 2.08. The molecule has 0 aromatic heterocycles. The molecule has 0 unspecified atom stereocenters. The van der Waals surface area contributed by atoms with Crippen LogP contribution in [0.1, 0.15) is 6.92 Å². The lowest BCUT2D eigenvalue weighted by atomic mass is 10.8. The molecule has 0 aromatic rings. The van der Waals surface area contributed by atoms with Crippen molar-refractivity contribution in [3.05, 3.63) is 0 Å². The molecule has 0 saturated heterocycles. The van der Waals surface area contributed by atoms with Crippen molar-refractivity contribution in [1.29, 1.82) is 0 Å². The summed E-state index contributed by atoms with van der Waals surface area (Å²) in [4.78, 5) is 14.5. The zero-order chi connectivity index (χ0) is 7.40. The van der Waals surface area contributed by atoms with Gasteiger partial charge in [-0.05, 0) is 0 Å². The number of hydrogen-bond acceptors (Lipinski definition) is 4. The molecule has 0 spiro atoms. The molecule has 0 amide bonds. The molecule has 1 rings (SSSR count). The number of thioether (sulfide) groups is 1. The highest BCUT2D eigenvalue weighted by atomic mass is 32.2. The van der Waals surface area contributed by atoms with Crippen LogP contribution in [0.3, 0.4) is 0 Å². The van der Waals surface area contributed by atoms with Crippen LogP contribution >= 0.6 is 11.8 Å². The number of carbonyl (C=O) groups is 1. The Kier molecular flexibility index (Phi) is 2.95. The lowest BCUT2D eigenvalue weighted by Crippen LogP contribution is -2.11. The first-order valence-corrected chi connectivity index (χ1v) is 5.35. The molecule has 0 bridgehead atoms. The van der Waals surface area contributed by atoms with E-state index < -0.39 is 9.76 Å². The molecular weight excluding hydrogens is 166 g/mol. The van der Waals surface area contributed by atoms with E-state index in [2.05, 4.69) is 4.99 Å². The van der Waals surface area contributed by atoms with Crippen molar-refractivity contribution in [1.82, 2.24) is 0 Å². The van der Waals surface area contributed by atoms with Crippen LogP contribution in [-0.4, -0.2) is 32.7 Å². The zero-order valence-corrected chi connectivity index (χ0v) is 8.02. The fourth-order valence-corrected chi connectivity index (χ4v) is 2.75. The predicted molar refractivity (Wildman–Crippen MR) is 45.1 cm³/mol. The highest BCUT2D eigenvalue weighted by Crippen LogP contribution is 2.09. The molecule has 1 heterocycles. The van der Waals surface area contributed by atoms with Gasteiger partial charge in [0.15, 0.2) is 0 Å². The summed E-state index contributed by atoms with van der Waals surface area (Å²) in [6.07, 6.45) is 0. The molecule has 0 aliphatic carbocycles. The van der Waals surface area contributed by atoms with Gasteiger partial charge in [0, 0.05) is 19.2 Å². The third-order valence-electron chi connectivity index (χ3n) is 1.05. The summed E-state index contributed by atoms with van der Waals surface area (Å²) in [5.41, 5.74) is 0. The minimum absolute atomic E-state index is 0.179. The number of hydrogen-bond donors (Lipinski definition) is 0. The van der Waals surface area contributed by atoms with Gasteiger partial charge >= 0.3 is 0 Å². The Balaban J connectivity index is 2.19. The van der Waals surface area contributed by atoms with Gasteiger partial charge < -0.3 is 4.43 Å². The second-order valence-corrected chi connectivity index (χ2v) is 4.83. The summed E-state index contributed by atoms with van der Waals surface area (Å²) in [6, 6.07) is 0. The van der Waals surface area contributed by atoms with E-state index in [1.165, 1.54) is 6.92 Å². The monoisotopic (exact) mass is 175 g/mol. The number of carbonyl (C=O) groups excluding carboxylic acids is 1. The van der Waals surface area contributed by atoms with Crippen LogP contribution in [0.2, 0.25) is 0 Å². The fraction of sp³-hybridized carbons (Fsp3) is 0.600. The third kappa shape index (κ3) is 2.53. The Morgan fingerprint density at radius 1 is 1.90 bits per heavy atom. The molecule has 5 heteroatoms. The lowest BCUT2D eigenvalue weighted by molar-refractivity contribution is -0.131. The van der Waals surface area contributed by atoms with Gasteiger partial charge in [0.05, 0.1) is 4.67 Å². The molecule has 0 aromatic carbocycles. The van der Waals surface area contributed by atoms with Crippen LogP contribution in [-0.2, 0) is 9.22 Å². The minimum atomic E-state index is -0.796. The summed E-state index contributed by atoms with van der Waals surface area (Å²) in [5.74, 6) is 0.880. The van der Waals surface area contributed by atoms with Gasteiger partial charge in [-0.15, -0.1) is 11.8 Å². The van der Waals surface area contributed by atoms with E-state index in [0.717, 1.165) is 17.0 Å². The van der Waals surface area contributed by atoms with Gasteiger partial charge in [-0.3, -0.25) is 9.79 Å². The quantitative estimate of drug-likeness (QED) is 0.543. The first kappa shape index (κ1) is 7.81. The van der Waals surface area contributed by atoms with Gasteiger partial charge in [0.2, 0.25) is 0 Å². The van der Waals surface area contributed by atoms with Crippen LogP contribution in [0.5, 0.6) is 0 Å². The smallest absolute Gasteiger partial charge is 0.289 e. The fourth-order valence-electron chi connectivity index (χ4n) is 0.630. The van der Waals surface area contributed by atoms with Crippen molar-refractivity contribution in [2.24, 2.45) is 4.99 Å². The van der Waals surface area contributed by atoms with Crippen molar-refractivity contribution >= 4 is 32.2 Å². The molecule has 1 aliphatic rings. The second-order valence-electron chi connectivity index (χ2n) is 1.90. The van der Waals surface area contributed by atoms with Crippen molar-refractivity contribution in [3.63, 3.8) is 0 Å². The van der Waals surface area contributed by atoms with Crippen molar-refractivity contribution in [2.75, 3.05) is 12.3 Å². The minimum Gasteiger partial charge on any atom is -0.519 e. The van der Waals surface area contributed by atoms with Crippen molar-refractivity contribution in [3.8, 4) is 0 Å². The van der Waals surface area contributed by atoms with E-state index in [4.69, 9.17) is 4.43 Å². The topological polar surface area (TPSA) is 38.7 Å². The van der Waals surface area contributed by atoms with Gasteiger partial charge in [-0.2, -0.15) is 0 Å². The molecule has 3 nitrogen and oxygen atoms in total. The standard InChI is InChI=1S/C5H9NO2SSi/c1-4(7)8-10-5-6-2-3-9-5/h2-3,10H2,1H3. The maximum Gasteiger partial charge on any atom is 0.289 e. The molecule has 0 atom stereocenters. The Bertz CT molecular complexity index is 171. The summed E-state index contributed by atoms with van der Waals surface area (Å²) in [7, 11) is -0.796. The largest absolute Gasteiger partial charge is 0.519 e. The first-order chi connectivity index (χ1) is 4.79. The van der Waals surface area contributed by atoms with Gasteiger partial charge in [0.25, 0.3) is 15.7 Å². The van der Waals surface area contributed by atoms with Crippen LogP contribution < -0.4 is 0 Å². The highest BCUT2D eigenvalue weighted by molar-refractivity contribution is 8.17. The van der Waals surface area contributed by atoms with Crippen LogP contribution in [0, 0.1) is 0 Å². The number of aliphatic imine (C=N–C) groups is 1. The summed E-state index contributed by atoms with van der Waals surface area (Å²) in [6.45, 7) is 2.33. The van der Waals surface area contributed by atoms with E-state index in [-0.39, 0.29) is 5.97 Å². The summed E-state index contributed by atoms with van der Waals surface area (Å²) in [5, 5.41) is 0. The average Bonchev–Trinajstić information content (AvgIpc) is 2.34. The first-order valence-electron chi connectivity index (χ1n) is 3.08. The van der Waals surface area contributed by atoms with Crippen molar-refractivity contribution < 1.29 is 9.22 Å². The van der Waals surface area contributed by atoms with Gasteiger partial charge in [-0.25, -0.2) is 0 Å². The summed E-state index contributed by atoms with van der Waals surface area (Å²) >= 11 is 1.72. The molecule has 56 valence electrons. The Hall–Kier alpha value is -0.293. The average molecular weight is 175 g/mol. The predicted octanol–water partition coefficient (Wildman–Crippen LogP) is -0.264. The molecule has 0 radical (unpaired) electrons.